The number of carbonyl (C=O) groups excluding carboxylic acids is 3. The van der Waals surface area contributed by atoms with Crippen molar-refractivity contribution in [3.63, 3.8) is 0 Å². The first kappa shape index (κ1) is 62.6. The van der Waals surface area contributed by atoms with Gasteiger partial charge in [0, 0.05) is 19.3 Å². The molecule has 378 valence electrons. The molecule has 1 atom stereocenters. The number of hydrogen-bond donors (Lipinski definition) is 0. The minimum absolute atomic E-state index is 0.108. The first-order valence-corrected chi connectivity index (χ1v) is 27.6. The molecule has 0 aromatic heterocycles. The zero-order chi connectivity index (χ0) is 47.9. The van der Waals surface area contributed by atoms with Gasteiger partial charge in [-0.1, -0.05) is 234 Å². The van der Waals surface area contributed by atoms with Crippen LogP contribution in [0.15, 0.2) is 85.1 Å². The number of hydrogen-bond acceptors (Lipinski definition) is 6. The van der Waals surface area contributed by atoms with Crippen LogP contribution in [0.25, 0.3) is 0 Å². The number of esters is 3. The van der Waals surface area contributed by atoms with E-state index in [9.17, 15) is 14.4 Å². The molecule has 0 fully saturated rings. The van der Waals surface area contributed by atoms with Crippen molar-refractivity contribution in [1.82, 2.24) is 0 Å². The number of ether oxygens (including phenoxy) is 3. The van der Waals surface area contributed by atoms with Gasteiger partial charge in [-0.3, -0.25) is 14.4 Å². The smallest absolute Gasteiger partial charge is 0.306 e. The number of carbonyl (C=O) groups is 3. The van der Waals surface area contributed by atoms with Crippen LogP contribution in [0.2, 0.25) is 0 Å². The van der Waals surface area contributed by atoms with E-state index in [1.54, 1.807) is 0 Å². The minimum Gasteiger partial charge on any atom is -0.462 e. The molecule has 0 aliphatic heterocycles. The van der Waals surface area contributed by atoms with Crippen LogP contribution in [0.5, 0.6) is 0 Å². The Bertz CT molecular complexity index is 1290. The van der Waals surface area contributed by atoms with Gasteiger partial charge in [0.05, 0.1) is 0 Å². The van der Waals surface area contributed by atoms with Gasteiger partial charge >= 0.3 is 17.9 Å². The lowest BCUT2D eigenvalue weighted by atomic mass is 10.1. The van der Waals surface area contributed by atoms with Gasteiger partial charge in [-0.2, -0.15) is 0 Å². The summed E-state index contributed by atoms with van der Waals surface area (Å²) in [6.07, 6.45) is 70.0. The zero-order valence-electron chi connectivity index (χ0n) is 43.2. The second kappa shape index (κ2) is 54.2. The highest BCUT2D eigenvalue weighted by molar-refractivity contribution is 5.71. The Balaban J connectivity index is 4.49. The van der Waals surface area contributed by atoms with E-state index < -0.39 is 6.10 Å². The molecule has 0 radical (unpaired) electrons. The Morgan fingerprint density at radius 1 is 0.318 bits per heavy atom. The first-order valence-electron chi connectivity index (χ1n) is 27.6. The summed E-state index contributed by atoms with van der Waals surface area (Å²) < 4.78 is 16.8. The van der Waals surface area contributed by atoms with Crippen molar-refractivity contribution >= 4 is 17.9 Å². The molecule has 0 saturated heterocycles. The van der Waals surface area contributed by atoms with Crippen LogP contribution < -0.4 is 0 Å². The summed E-state index contributed by atoms with van der Waals surface area (Å²) in [6, 6.07) is 0. The molecular weight excluding hydrogens is 817 g/mol. The van der Waals surface area contributed by atoms with Gasteiger partial charge in [-0.15, -0.1) is 0 Å². The predicted octanol–water partition coefficient (Wildman–Crippen LogP) is 18.4. The molecule has 0 heterocycles. The fraction of sp³-hybridized carbons (Fsp3) is 0.717. The van der Waals surface area contributed by atoms with Gasteiger partial charge in [0.25, 0.3) is 0 Å². The van der Waals surface area contributed by atoms with Gasteiger partial charge in [0.1, 0.15) is 13.2 Å². The van der Waals surface area contributed by atoms with Gasteiger partial charge in [0.2, 0.25) is 0 Å². The Morgan fingerprint density at radius 3 is 1.11 bits per heavy atom. The zero-order valence-corrected chi connectivity index (χ0v) is 43.2. The molecule has 0 aromatic carbocycles. The molecule has 0 aromatic rings. The minimum atomic E-state index is -0.811. The predicted molar refractivity (Wildman–Crippen MR) is 284 cm³/mol. The maximum atomic E-state index is 12.8. The number of rotatable bonds is 49. The van der Waals surface area contributed by atoms with E-state index in [-0.39, 0.29) is 37.5 Å². The lowest BCUT2D eigenvalue weighted by molar-refractivity contribution is -0.166. The molecule has 6 nitrogen and oxygen atoms in total. The van der Waals surface area contributed by atoms with E-state index in [2.05, 4.69) is 99.8 Å². The summed E-state index contributed by atoms with van der Waals surface area (Å²) in [7, 11) is 0. The Morgan fingerprint density at radius 2 is 0.636 bits per heavy atom. The third-order valence-electron chi connectivity index (χ3n) is 11.7. The van der Waals surface area contributed by atoms with E-state index in [4.69, 9.17) is 14.2 Å². The molecule has 0 aliphatic carbocycles. The maximum Gasteiger partial charge on any atom is 0.306 e. The first-order chi connectivity index (χ1) is 32.5. The molecule has 0 aliphatic rings. The molecule has 6 heteroatoms. The fourth-order valence-corrected chi connectivity index (χ4v) is 7.50. The van der Waals surface area contributed by atoms with E-state index in [0.29, 0.717) is 19.3 Å². The highest BCUT2D eigenvalue weighted by atomic mass is 16.6. The van der Waals surface area contributed by atoms with Crippen molar-refractivity contribution in [3.8, 4) is 0 Å². The highest BCUT2D eigenvalue weighted by Crippen LogP contribution is 2.14. The summed E-state index contributed by atoms with van der Waals surface area (Å²) in [5.74, 6) is -1.00. The SMILES string of the molecule is CCCCC\C=C/C=C\C=C/C=C\CCCCCCCC(=O)OCC(COC(=O)CC/C=C\C/C=C\CCCCCCCC)OC(=O)CCCCCCCCC/C=C\CCCCCCCC. The molecule has 0 spiro atoms. The summed E-state index contributed by atoms with van der Waals surface area (Å²) in [4.78, 5) is 38.0. The molecule has 0 saturated carbocycles. The van der Waals surface area contributed by atoms with Gasteiger partial charge in [0.15, 0.2) is 6.10 Å². The molecule has 0 bridgehead atoms. The third-order valence-corrected chi connectivity index (χ3v) is 11.7. The summed E-state index contributed by atoms with van der Waals surface area (Å²) >= 11 is 0. The quantitative estimate of drug-likeness (QED) is 0.0199. The Kier molecular flexibility index (Phi) is 51.4. The molecule has 66 heavy (non-hydrogen) atoms. The largest absolute Gasteiger partial charge is 0.462 e. The van der Waals surface area contributed by atoms with Crippen LogP contribution in [-0.4, -0.2) is 37.2 Å². The summed E-state index contributed by atoms with van der Waals surface area (Å²) in [5, 5.41) is 0. The topological polar surface area (TPSA) is 78.9 Å². The van der Waals surface area contributed by atoms with Crippen molar-refractivity contribution < 1.29 is 28.6 Å². The Labute approximate surface area is 407 Å². The van der Waals surface area contributed by atoms with Crippen molar-refractivity contribution in [2.75, 3.05) is 13.2 Å². The van der Waals surface area contributed by atoms with Crippen LogP contribution in [-0.2, 0) is 28.6 Å². The van der Waals surface area contributed by atoms with Gasteiger partial charge in [-0.25, -0.2) is 0 Å². The molecule has 0 rings (SSSR count). The van der Waals surface area contributed by atoms with Crippen molar-refractivity contribution in [2.45, 2.75) is 264 Å². The van der Waals surface area contributed by atoms with Crippen LogP contribution in [0.3, 0.4) is 0 Å². The fourth-order valence-electron chi connectivity index (χ4n) is 7.50. The van der Waals surface area contributed by atoms with Crippen molar-refractivity contribution in [3.05, 3.63) is 85.1 Å². The lowest BCUT2D eigenvalue weighted by Crippen LogP contribution is -2.30. The third kappa shape index (κ3) is 51.6. The normalized spacial score (nSPS) is 12.7. The molecular formula is C60H102O6. The average Bonchev–Trinajstić information content (AvgIpc) is 3.31. The van der Waals surface area contributed by atoms with E-state index in [0.717, 1.165) is 77.0 Å². The summed E-state index contributed by atoms with van der Waals surface area (Å²) in [6.45, 7) is 6.52. The van der Waals surface area contributed by atoms with Crippen LogP contribution in [0.1, 0.15) is 258 Å². The number of unbranched alkanes of at least 4 members (excludes halogenated alkanes) is 27. The summed E-state index contributed by atoms with van der Waals surface area (Å²) in [5.41, 5.74) is 0. The van der Waals surface area contributed by atoms with E-state index >= 15 is 0 Å². The van der Waals surface area contributed by atoms with Crippen LogP contribution in [0, 0.1) is 0 Å². The maximum absolute atomic E-state index is 12.8. The van der Waals surface area contributed by atoms with Crippen LogP contribution >= 0.6 is 0 Å². The highest BCUT2D eigenvalue weighted by Gasteiger charge is 2.19. The second-order valence-electron chi connectivity index (χ2n) is 18.2. The van der Waals surface area contributed by atoms with Crippen molar-refractivity contribution in [1.29, 1.82) is 0 Å². The van der Waals surface area contributed by atoms with E-state index in [1.807, 2.05) is 6.08 Å². The Hall–Kier alpha value is -3.41. The van der Waals surface area contributed by atoms with Gasteiger partial charge in [-0.05, 0) is 89.9 Å². The molecule has 0 N–H and O–H groups in total. The second-order valence-corrected chi connectivity index (χ2v) is 18.2. The van der Waals surface area contributed by atoms with Crippen molar-refractivity contribution in [2.24, 2.45) is 0 Å². The molecule has 0 amide bonds. The average molecular weight is 919 g/mol. The lowest BCUT2D eigenvalue weighted by Gasteiger charge is -2.18. The standard InChI is InChI=1S/C60H102O6/c1-4-7-10-13-16-19-22-25-27-29-31-32-35-38-41-44-47-50-53-59(62)65-56-57(55-64-58(61)52-49-46-43-40-37-34-24-21-18-15-12-9-6-3)66-60(63)54-51-48-45-42-39-36-33-30-28-26-23-20-17-14-11-8-5-2/h16,19,22,25-29,31-32,34,37,43,46,57H,4-15,17-18,20-21,23-24,30,33,35-36,38-42,44-45,47-56H2,1-3H3/b19-16-,25-22-,28-26-,29-27-,32-31-,37-34-,46-43-. The van der Waals surface area contributed by atoms with Crippen LogP contribution in [0.4, 0.5) is 0 Å². The van der Waals surface area contributed by atoms with E-state index in [1.165, 1.54) is 135 Å². The number of allylic oxidation sites excluding steroid dienone is 14. The van der Waals surface area contributed by atoms with Gasteiger partial charge < -0.3 is 14.2 Å². The molecule has 1 unspecified atom stereocenters. The monoisotopic (exact) mass is 919 g/mol.